The molecule has 0 aromatic heterocycles. The Morgan fingerprint density at radius 2 is 1.80 bits per heavy atom. The molecule has 1 saturated heterocycles. The predicted octanol–water partition coefficient (Wildman–Crippen LogP) is 0.576. The summed E-state index contributed by atoms with van der Waals surface area (Å²) in [6, 6.07) is 0. The highest BCUT2D eigenvalue weighted by molar-refractivity contribution is 5.47. The number of hydrogen-bond donors (Lipinski definition) is 0. The molecule has 0 aromatic carbocycles. The van der Waals surface area contributed by atoms with Crippen molar-refractivity contribution in [3.63, 3.8) is 0 Å². The molecule has 0 amide bonds. The minimum absolute atomic E-state index is 0.486. The predicted molar refractivity (Wildman–Crippen MR) is 35.3 cm³/mol. The molecule has 0 N–H and O–H groups in total. The highest BCUT2D eigenvalue weighted by Crippen LogP contribution is 2.10. The average molecular weight is 140 g/mol. The molecule has 1 aliphatic heterocycles. The van der Waals surface area contributed by atoms with Crippen molar-refractivity contribution in [2.75, 3.05) is 13.1 Å². The van der Waals surface area contributed by atoms with Gasteiger partial charge in [-0.05, 0) is 19.3 Å². The van der Waals surface area contributed by atoms with E-state index in [9.17, 15) is 9.90 Å². The van der Waals surface area contributed by atoms with Crippen molar-refractivity contribution in [2.24, 2.45) is 0 Å². The Kier molecular flexibility index (Phi) is 2.35. The second-order valence-electron chi connectivity index (χ2n) is 2.45. The van der Waals surface area contributed by atoms with Crippen LogP contribution in [0.3, 0.4) is 0 Å². The third kappa shape index (κ3) is 1.52. The highest BCUT2D eigenvalue weighted by atomic mass is 16.3. The Labute approximate surface area is 59.9 Å². The van der Waals surface area contributed by atoms with Crippen LogP contribution in [0.5, 0.6) is 0 Å². The van der Waals surface area contributed by atoms with E-state index in [1.54, 1.807) is 4.90 Å². The summed E-state index contributed by atoms with van der Waals surface area (Å²) in [5.74, 6) is 0.885. The van der Waals surface area contributed by atoms with E-state index in [2.05, 4.69) is 0 Å². The van der Waals surface area contributed by atoms with Crippen LogP contribution in [0.15, 0.2) is 5.88 Å². The van der Waals surface area contributed by atoms with Crippen LogP contribution in [0.2, 0.25) is 0 Å². The molecule has 3 heteroatoms. The summed E-state index contributed by atoms with van der Waals surface area (Å²) in [5.41, 5.74) is 0. The van der Waals surface area contributed by atoms with Gasteiger partial charge in [-0.25, -0.2) is 4.79 Å². The van der Waals surface area contributed by atoms with Crippen LogP contribution >= 0.6 is 0 Å². The molecule has 0 spiro atoms. The summed E-state index contributed by atoms with van der Waals surface area (Å²) in [7, 11) is 0. The summed E-state index contributed by atoms with van der Waals surface area (Å²) >= 11 is 0. The molecule has 0 saturated carbocycles. The largest absolute Gasteiger partial charge is 0.331 e. The van der Waals surface area contributed by atoms with Crippen molar-refractivity contribution in [3.05, 3.63) is 5.88 Å². The highest BCUT2D eigenvalue weighted by Gasteiger charge is 2.13. The monoisotopic (exact) mass is 140 g/mol. The van der Waals surface area contributed by atoms with Gasteiger partial charge in [0.25, 0.3) is 0 Å². The number of hydrogen-bond acceptors (Lipinski definition) is 2. The fourth-order valence-electron chi connectivity index (χ4n) is 1.16. The first kappa shape index (κ1) is 7.16. The molecule has 1 radical (unpaired) electrons. The maximum absolute atomic E-state index is 10.7. The summed E-state index contributed by atoms with van der Waals surface area (Å²) in [5, 5.41) is 10.7. The van der Waals surface area contributed by atoms with E-state index >= 15 is 0 Å². The van der Waals surface area contributed by atoms with Crippen molar-refractivity contribution < 1.29 is 9.90 Å². The summed E-state index contributed by atoms with van der Waals surface area (Å²) < 4.78 is 0. The minimum atomic E-state index is -0.486. The Bertz CT molecular complexity index is 155. The van der Waals surface area contributed by atoms with E-state index in [1.807, 2.05) is 0 Å². The molecular weight excluding hydrogens is 130 g/mol. The number of likely N-dealkylation sites (tertiary alicyclic amines) is 1. The molecule has 1 rings (SSSR count). The van der Waals surface area contributed by atoms with Crippen LogP contribution in [0.1, 0.15) is 19.3 Å². The van der Waals surface area contributed by atoms with Crippen molar-refractivity contribution in [3.8, 4) is 0 Å². The Morgan fingerprint density at radius 1 is 1.20 bits per heavy atom. The molecule has 0 bridgehead atoms. The van der Waals surface area contributed by atoms with Crippen LogP contribution < -0.4 is 0 Å². The first-order valence-electron chi connectivity index (χ1n) is 3.51. The maximum Gasteiger partial charge on any atom is 0.331 e. The zero-order valence-electron chi connectivity index (χ0n) is 5.80. The van der Waals surface area contributed by atoms with Crippen LogP contribution in [0.4, 0.5) is 0 Å². The number of carbonyl (C=O) groups excluding carboxylic acids is 1. The standard InChI is InChI=1S/C7H10NO2/c9-6-7(10)8-4-2-1-3-5-8/h1-5H2. The molecular formula is C7H10NO2. The molecule has 55 valence electrons. The summed E-state index contributed by atoms with van der Waals surface area (Å²) in [6.07, 6.45) is 3.21. The fourth-order valence-corrected chi connectivity index (χ4v) is 1.16. The molecule has 0 aliphatic carbocycles. The van der Waals surface area contributed by atoms with Gasteiger partial charge in [0.05, 0.1) is 0 Å². The molecule has 1 fully saturated rings. The second kappa shape index (κ2) is 3.28. The van der Waals surface area contributed by atoms with Gasteiger partial charge < -0.3 is 4.90 Å². The van der Waals surface area contributed by atoms with Crippen molar-refractivity contribution in [1.29, 1.82) is 0 Å². The van der Waals surface area contributed by atoms with Gasteiger partial charge in [-0.1, -0.05) is 0 Å². The Morgan fingerprint density at radius 3 is 2.30 bits per heavy atom. The third-order valence-electron chi connectivity index (χ3n) is 1.73. The van der Waals surface area contributed by atoms with Gasteiger partial charge in [-0.2, -0.15) is 0 Å². The van der Waals surface area contributed by atoms with Gasteiger partial charge in [-0.15, -0.1) is 0 Å². The van der Waals surface area contributed by atoms with E-state index in [-0.39, 0.29) is 0 Å². The normalized spacial score (nSPS) is 18.2. The minimum Gasteiger partial charge on any atom is -0.330 e. The first-order chi connectivity index (χ1) is 4.84. The molecule has 3 nitrogen and oxygen atoms in total. The Hall–Kier alpha value is -0.950. The molecule has 0 unspecified atom stereocenters. The van der Waals surface area contributed by atoms with Crippen LogP contribution in [0, 0.1) is 0 Å². The summed E-state index contributed by atoms with van der Waals surface area (Å²) in [4.78, 5) is 11.4. The van der Waals surface area contributed by atoms with E-state index in [0.717, 1.165) is 25.9 Å². The lowest BCUT2D eigenvalue weighted by Crippen LogP contribution is -2.28. The van der Waals surface area contributed by atoms with Gasteiger partial charge in [0.2, 0.25) is 0 Å². The van der Waals surface area contributed by atoms with Crippen LogP contribution in [-0.2, 0) is 9.90 Å². The van der Waals surface area contributed by atoms with E-state index in [0.29, 0.717) is 0 Å². The fraction of sp³-hybridized carbons (Fsp3) is 0.714. The summed E-state index contributed by atoms with van der Waals surface area (Å²) in [6.45, 7) is 1.46. The van der Waals surface area contributed by atoms with Gasteiger partial charge in [-0.3, -0.25) is 5.11 Å². The van der Waals surface area contributed by atoms with E-state index in [4.69, 9.17) is 0 Å². The molecule has 1 heterocycles. The van der Waals surface area contributed by atoms with Gasteiger partial charge in [0.1, 0.15) is 0 Å². The second-order valence-corrected chi connectivity index (χ2v) is 2.45. The van der Waals surface area contributed by atoms with Crippen molar-refractivity contribution in [2.45, 2.75) is 19.3 Å². The lowest BCUT2D eigenvalue weighted by Gasteiger charge is -2.23. The quantitative estimate of drug-likeness (QED) is 0.394. The molecule has 10 heavy (non-hydrogen) atoms. The average Bonchev–Trinajstić information content (AvgIpc) is 2.05. The Balaban J connectivity index is 2.46. The zero-order valence-corrected chi connectivity index (χ0v) is 5.80. The number of nitrogens with zero attached hydrogens (tertiary/aromatic N) is 1. The van der Waals surface area contributed by atoms with Gasteiger partial charge in [0.15, 0.2) is 5.94 Å². The van der Waals surface area contributed by atoms with E-state index < -0.39 is 5.88 Å². The van der Waals surface area contributed by atoms with E-state index in [1.165, 1.54) is 12.4 Å². The number of piperidine rings is 1. The lowest BCUT2D eigenvalue weighted by molar-refractivity contribution is 0.133. The van der Waals surface area contributed by atoms with Crippen molar-refractivity contribution >= 4 is 5.94 Å². The van der Waals surface area contributed by atoms with Gasteiger partial charge >= 0.3 is 5.88 Å². The topological polar surface area (TPSA) is 40.2 Å². The SMILES string of the molecule is [O]C(=C=O)N1CCCCC1. The first-order valence-corrected chi connectivity index (χ1v) is 3.51. The third-order valence-corrected chi connectivity index (χ3v) is 1.73. The van der Waals surface area contributed by atoms with Crippen LogP contribution in [-0.4, -0.2) is 23.9 Å². The molecule has 0 atom stereocenters. The smallest absolute Gasteiger partial charge is 0.330 e. The molecule has 1 aliphatic rings. The lowest BCUT2D eigenvalue weighted by atomic mass is 10.1. The number of rotatable bonds is 1. The maximum atomic E-state index is 10.7. The molecule has 0 aromatic rings. The van der Waals surface area contributed by atoms with Crippen LogP contribution in [0.25, 0.3) is 0 Å². The van der Waals surface area contributed by atoms with Gasteiger partial charge in [0, 0.05) is 13.1 Å². The zero-order chi connectivity index (χ0) is 7.40. The van der Waals surface area contributed by atoms with Crippen molar-refractivity contribution in [1.82, 2.24) is 4.90 Å².